The van der Waals surface area contributed by atoms with Crippen LogP contribution in [0.15, 0.2) is 64.6 Å². The Morgan fingerprint density at radius 1 is 1.05 bits per heavy atom. The average Bonchev–Trinajstić information content (AvgIpc) is 2.51. The van der Waals surface area contributed by atoms with Gasteiger partial charge in [-0.3, -0.25) is 10.1 Å². The Balaban J connectivity index is 2.11. The first-order valence-corrected chi connectivity index (χ1v) is 6.96. The molecule has 3 aromatic rings. The molecule has 1 aromatic heterocycles. The first-order chi connectivity index (χ1) is 10.2. The standard InChI is InChI=1S/C15H10N2O3S/c18-13-7-8-14(11-5-2-1-4-10(11)13)21-15-12(17(19)20)6-3-9-16-15/h1-9,18H. The van der Waals surface area contributed by atoms with Crippen LogP contribution in [0.1, 0.15) is 0 Å². The van der Waals surface area contributed by atoms with E-state index in [2.05, 4.69) is 4.98 Å². The Labute approximate surface area is 124 Å². The molecule has 0 aliphatic rings. The van der Waals surface area contributed by atoms with Crippen molar-refractivity contribution in [2.24, 2.45) is 0 Å². The molecule has 0 bridgehead atoms. The van der Waals surface area contributed by atoms with E-state index in [4.69, 9.17) is 0 Å². The molecule has 0 saturated carbocycles. The molecular formula is C15H10N2O3S. The largest absolute Gasteiger partial charge is 0.507 e. The minimum Gasteiger partial charge on any atom is -0.507 e. The van der Waals surface area contributed by atoms with Crippen LogP contribution < -0.4 is 0 Å². The van der Waals surface area contributed by atoms with E-state index in [0.29, 0.717) is 10.4 Å². The van der Waals surface area contributed by atoms with Gasteiger partial charge in [-0.15, -0.1) is 0 Å². The van der Waals surface area contributed by atoms with Gasteiger partial charge < -0.3 is 5.11 Å². The summed E-state index contributed by atoms with van der Waals surface area (Å²) in [5.41, 5.74) is -0.0281. The second-order valence-corrected chi connectivity index (χ2v) is 5.35. The van der Waals surface area contributed by atoms with Gasteiger partial charge in [0.15, 0.2) is 5.03 Å². The van der Waals surface area contributed by atoms with Crippen molar-refractivity contribution >= 4 is 28.2 Å². The Morgan fingerprint density at radius 2 is 1.81 bits per heavy atom. The van der Waals surface area contributed by atoms with Crippen molar-refractivity contribution in [1.82, 2.24) is 4.98 Å². The normalized spacial score (nSPS) is 10.7. The van der Waals surface area contributed by atoms with E-state index in [1.54, 1.807) is 12.1 Å². The van der Waals surface area contributed by atoms with E-state index in [1.807, 2.05) is 24.3 Å². The molecule has 0 atom stereocenters. The number of phenols is 1. The minimum atomic E-state index is -0.446. The SMILES string of the molecule is O=[N+]([O-])c1cccnc1Sc1ccc(O)c2ccccc12. The molecule has 0 unspecified atom stereocenters. The van der Waals surface area contributed by atoms with Crippen LogP contribution in [-0.2, 0) is 0 Å². The van der Waals surface area contributed by atoms with Gasteiger partial charge in [-0.05, 0) is 23.6 Å². The van der Waals surface area contributed by atoms with Crippen molar-refractivity contribution in [1.29, 1.82) is 0 Å². The second kappa shape index (κ2) is 5.41. The Bertz CT molecular complexity index is 836. The van der Waals surface area contributed by atoms with Crippen LogP contribution in [0, 0.1) is 10.1 Å². The molecule has 6 heteroatoms. The van der Waals surface area contributed by atoms with Crippen molar-refractivity contribution in [2.45, 2.75) is 9.92 Å². The first-order valence-electron chi connectivity index (χ1n) is 6.15. The van der Waals surface area contributed by atoms with Gasteiger partial charge in [0.1, 0.15) is 5.75 Å². The monoisotopic (exact) mass is 298 g/mol. The van der Waals surface area contributed by atoms with E-state index in [-0.39, 0.29) is 11.4 Å². The van der Waals surface area contributed by atoms with Crippen LogP contribution in [0.3, 0.4) is 0 Å². The van der Waals surface area contributed by atoms with E-state index in [9.17, 15) is 15.2 Å². The Kier molecular flexibility index (Phi) is 3.45. The van der Waals surface area contributed by atoms with Crippen LogP contribution >= 0.6 is 11.8 Å². The van der Waals surface area contributed by atoms with Gasteiger partial charge >= 0.3 is 5.69 Å². The number of nitrogens with zero attached hydrogens (tertiary/aromatic N) is 2. The molecule has 0 radical (unpaired) electrons. The van der Waals surface area contributed by atoms with Gasteiger partial charge in [0.05, 0.1) is 4.92 Å². The fourth-order valence-corrected chi connectivity index (χ4v) is 3.04. The summed E-state index contributed by atoms with van der Waals surface area (Å²) in [7, 11) is 0. The van der Waals surface area contributed by atoms with Crippen molar-refractivity contribution in [3.05, 3.63) is 64.8 Å². The number of hydrogen-bond acceptors (Lipinski definition) is 5. The second-order valence-electron chi connectivity index (χ2n) is 4.32. The van der Waals surface area contributed by atoms with Gasteiger partial charge in [-0.1, -0.05) is 36.0 Å². The molecule has 104 valence electrons. The lowest BCUT2D eigenvalue weighted by atomic mass is 10.1. The molecular weight excluding hydrogens is 288 g/mol. The number of aromatic hydroxyl groups is 1. The lowest BCUT2D eigenvalue weighted by molar-refractivity contribution is -0.388. The third-order valence-corrected chi connectivity index (χ3v) is 4.10. The van der Waals surface area contributed by atoms with Crippen LogP contribution in [0.25, 0.3) is 10.8 Å². The molecule has 0 saturated heterocycles. The Morgan fingerprint density at radius 3 is 2.57 bits per heavy atom. The first kappa shape index (κ1) is 13.4. The minimum absolute atomic E-state index is 0.0281. The fourth-order valence-electron chi connectivity index (χ4n) is 2.05. The van der Waals surface area contributed by atoms with Crippen molar-refractivity contribution in [3.63, 3.8) is 0 Å². The number of hydrogen-bond donors (Lipinski definition) is 1. The van der Waals surface area contributed by atoms with Gasteiger partial charge in [0.2, 0.25) is 0 Å². The van der Waals surface area contributed by atoms with Gasteiger partial charge in [-0.25, -0.2) is 4.98 Å². The number of nitro groups is 1. The summed E-state index contributed by atoms with van der Waals surface area (Å²) in [6.07, 6.45) is 1.53. The zero-order chi connectivity index (χ0) is 14.8. The lowest BCUT2D eigenvalue weighted by Gasteiger charge is -2.07. The summed E-state index contributed by atoms with van der Waals surface area (Å²) in [4.78, 5) is 15.5. The number of aromatic nitrogens is 1. The molecule has 0 amide bonds. The summed E-state index contributed by atoms with van der Waals surface area (Å²) in [5, 5.41) is 22.8. The zero-order valence-corrected chi connectivity index (χ0v) is 11.6. The summed E-state index contributed by atoms with van der Waals surface area (Å²) < 4.78 is 0. The Hall–Kier alpha value is -2.60. The summed E-state index contributed by atoms with van der Waals surface area (Å²) in [6.45, 7) is 0. The van der Waals surface area contributed by atoms with E-state index in [0.717, 1.165) is 10.3 Å². The highest BCUT2D eigenvalue weighted by molar-refractivity contribution is 7.99. The predicted molar refractivity (Wildman–Crippen MR) is 80.6 cm³/mol. The maximum Gasteiger partial charge on any atom is 0.301 e. The smallest absolute Gasteiger partial charge is 0.301 e. The third-order valence-electron chi connectivity index (χ3n) is 3.02. The number of phenolic OH excluding ortho intramolecular Hbond substituents is 1. The fraction of sp³-hybridized carbons (Fsp3) is 0. The molecule has 1 heterocycles. The van der Waals surface area contributed by atoms with E-state index < -0.39 is 4.92 Å². The summed E-state index contributed by atoms with van der Waals surface area (Å²) in [6, 6.07) is 13.7. The molecule has 21 heavy (non-hydrogen) atoms. The quantitative estimate of drug-likeness (QED) is 0.584. The van der Waals surface area contributed by atoms with E-state index >= 15 is 0 Å². The maximum atomic E-state index is 11.0. The van der Waals surface area contributed by atoms with Crippen molar-refractivity contribution < 1.29 is 10.0 Å². The topological polar surface area (TPSA) is 76.3 Å². The average molecular weight is 298 g/mol. The zero-order valence-electron chi connectivity index (χ0n) is 10.8. The summed E-state index contributed by atoms with van der Waals surface area (Å²) >= 11 is 1.22. The van der Waals surface area contributed by atoms with Crippen LogP contribution in [-0.4, -0.2) is 15.0 Å². The third kappa shape index (κ3) is 2.53. The van der Waals surface area contributed by atoms with Crippen LogP contribution in [0.4, 0.5) is 5.69 Å². The van der Waals surface area contributed by atoms with Gasteiger partial charge in [0, 0.05) is 22.5 Å². The number of benzene rings is 2. The van der Waals surface area contributed by atoms with Gasteiger partial charge in [0.25, 0.3) is 0 Å². The highest BCUT2D eigenvalue weighted by Crippen LogP contribution is 2.38. The molecule has 0 spiro atoms. The lowest BCUT2D eigenvalue weighted by Crippen LogP contribution is -1.92. The highest BCUT2D eigenvalue weighted by Gasteiger charge is 2.16. The molecule has 5 nitrogen and oxygen atoms in total. The van der Waals surface area contributed by atoms with Crippen molar-refractivity contribution in [3.8, 4) is 5.75 Å². The molecule has 2 aromatic carbocycles. The molecule has 0 aliphatic carbocycles. The van der Waals surface area contributed by atoms with Gasteiger partial charge in [-0.2, -0.15) is 0 Å². The molecule has 0 aliphatic heterocycles. The number of fused-ring (bicyclic) bond motifs is 1. The molecule has 0 fully saturated rings. The van der Waals surface area contributed by atoms with Crippen LogP contribution in [0.5, 0.6) is 5.75 Å². The van der Waals surface area contributed by atoms with Crippen LogP contribution in [0.2, 0.25) is 0 Å². The highest BCUT2D eigenvalue weighted by atomic mass is 32.2. The van der Waals surface area contributed by atoms with Crippen molar-refractivity contribution in [2.75, 3.05) is 0 Å². The number of rotatable bonds is 3. The predicted octanol–water partition coefficient (Wildman–Crippen LogP) is 4.00. The number of pyridine rings is 1. The maximum absolute atomic E-state index is 11.0. The van der Waals surface area contributed by atoms with E-state index in [1.165, 1.54) is 30.1 Å². The molecule has 3 rings (SSSR count). The molecule has 1 N–H and O–H groups in total. The summed E-state index contributed by atoms with van der Waals surface area (Å²) in [5.74, 6) is 0.186.